The van der Waals surface area contributed by atoms with E-state index >= 15 is 0 Å². The Labute approximate surface area is 199 Å². The largest absolute Gasteiger partial charge is 0.495 e. The number of hydrogen-bond acceptors (Lipinski definition) is 5. The molecule has 0 radical (unpaired) electrons. The number of urea groups is 1. The molecule has 0 bridgehead atoms. The van der Waals surface area contributed by atoms with Gasteiger partial charge in [-0.2, -0.15) is 0 Å². The fourth-order valence-electron chi connectivity index (χ4n) is 4.46. The summed E-state index contributed by atoms with van der Waals surface area (Å²) in [7, 11) is 3.78. The van der Waals surface area contributed by atoms with Gasteiger partial charge in [0.1, 0.15) is 5.75 Å². The fraction of sp³-hybridized carbons (Fsp3) is 0.480. The van der Waals surface area contributed by atoms with Crippen LogP contribution in [0.1, 0.15) is 5.56 Å². The molecular weight excluding hydrogens is 440 g/mol. The van der Waals surface area contributed by atoms with E-state index < -0.39 is 11.6 Å². The van der Waals surface area contributed by atoms with Crippen LogP contribution in [0.4, 0.5) is 25.0 Å². The molecule has 0 spiro atoms. The van der Waals surface area contributed by atoms with Gasteiger partial charge in [0.2, 0.25) is 0 Å². The van der Waals surface area contributed by atoms with Crippen LogP contribution in [-0.2, 0) is 6.42 Å². The molecule has 2 amide bonds. The normalized spacial score (nSPS) is 17.6. The zero-order valence-corrected chi connectivity index (χ0v) is 19.9. The average molecular weight is 474 g/mol. The number of nitrogens with one attached hydrogen (secondary N) is 1. The van der Waals surface area contributed by atoms with Crippen LogP contribution < -0.4 is 15.0 Å². The first-order valence-electron chi connectivity index (χ1n) is 11.8. The van der Waals surface area contributed by atoms with Crippen molar-refractivity contribution in [2.24, 2.45) is 0 Å². The quantitative estimate of drug-likeness (QED) is 0.699. The zero-order valence-electron chi connectivity index (χ0n) is 19.9. The number of ether oxygens (including phenoxy) is 1. The molecule has 0 unspecified atom stereocenters. The number of piperazine rings is 2. The molecule has 4 rings (SSSR count). The van der Waals surface area contributed by atoms with Crippen LogP contribution in [0.5, 0.6) is 5.75 Å². The first kappa shape index (κ1) is 24.2. The number of methoxy groups -OCH3 is 1. The summed E-state index contributed by atoms with van der Waals surface area (Å²) < 4.78 is 32.8. The van der Waals surface area contributed by atoms with Crippen LogP contribution in [-0.4, -0.2) is 93.8 Å². The Morgan fingerprint density at radius 3 is 2.44 bits per heavy atom. The number of likely N-dealkylation sites (N-methyl/N-ethyl adjacent to an activating group) is 1. The molecule has 0 aliphatic carbocycles. The lowest BCUT2D eigenvalue weighted by Crippen LogP contribution is -2.50. The summed E-state index contributed by atoms with van der Waals surface area (Å²) in [6.07, 6.45) is 0.441. The molecule has 0 saturated carbocycles. The summed E-state index contributed by atoms with van der Waals surface area (Å²) in [6.45, 7) is 6.96. The predicted molar refractivity (Wildman–Crippen MR) is 130 cm³/mol. The van der Waals surface area contributed by atoms with Crippen LogP contribution in [0.15, 0.2) is 36.4 Å². The summed E-state index contributed by atoms with van der Waals surface area (Å²) in [5.41, 5.74) is 2.11. The Kier molecular flexibility index (Phi) is 7.84. The minimum absolute atomic E-state index is 0.134. The van der Waals surface area contributed by atoms with Crippen LogP contribution in [0.3, 0.4) is 0 Å². The van der Waals surface area contributed by atoms with Crippen molar-refractivity contribution in [2.45, 2.75) is 6.42 Å². The third-order valence-corrected chi connectivity index (χ3v) is 6.66. The summed E-state index contributed by atoms with van der Waals surface area (Å²) in [6, 6.07) is 9.88. The number of hydrogen-bond donors (Lipinski definition) is 1. The molecule has 184 valence electrons. The monoisotopic (exact) mass is 473 g/mol. The number of halogens is 2. The smallest absolute Gasteiger partial charge is 0.321 e. The highest BCUT2D eigenvalue weighted by molar-refractivity contribution is 5.90. The van der Waals surface area contributed by atoms with Crippen LogP contribution in [0.25, 0.3) is 0 Å². The predicted octanol–water partition coefficient (Wildman–Crippen LogP) is 3.12. The van der Waals surface area contributed by atoms with E-state index in [2.05, 4.69) is 27.1 Å². The van der Waals surface area contributed by atoms with Crippen LogP contribution >= 0.6 is 0 Å². The zero-order chi connectivity index (χ0) is 24.1. The van der Waals surface area contributed by atoms with Gasteiger partial charge in [-0.1, -0.05) is 12.1 Å². The number of anilines is 2. The van der Waals surface area contributed by atoms with Gasteiger partial charge in [-0.3, -0.25) is 4.90 Å². The van der Waals surface area contributed by atoms with Gasteiger partial charge in [-0.05, 0) is 43.3 Å². The van der Waals surface area contributed by atoms with Crippen molar-refractivity contribution in [2.75, 3.05) is 83.3 Å². The third kappa shape index (κ3) is 5.77. The van der Waals surface area contributed by atoms with Crippen LogP contribution in [0.2, 0.25) is 0 Å². The number of amides is 2. The van der Waals surface area contributed by atoms with Crippen molar-refractivity contribution in [3.63, 3.8) is 0 Å². The molecule has 2 heterocycles. The minimum atomic E-state index is -0.812. The molecule has 2 aromatic carbocycles. The molecule has 2 aliphatic heterocycles. The van der Waals surface area contributed by atoms with Crippen molar-refractivity contribution >= 4 is 17.4 Å². The van der Waals surface area contributed by atoms with Gasteiger partial charge in [-0.15, -0.1) is 0 Å². The van der Waals surface area contributed by atoms with Gasteiger partial charge >= 0.3 is 6.03 Å². The van der Waals surface area contributed by atoms with E-state index in [1.807, 2.05) is 18.2 Å². The van der Waals surface area contributed by atoms with E-state index in [0.717, 1.165) is 49.4 Å². The van der Waals surface area contributed by atoms with Crippen LogP contribution in [0, 0.1) is 11.6 Å². The summed E-state index contributed by atoms with van der Waals surface area (Å²) in [5, 5.41) is 3.02. The maximum Gasteiger partial charge on any atom is 0.321 e. The van der Waals surface area contributed by atoms with Gasteiger partial charge in [0.15, 0.2) is 11.6 Å². The second-order valence-electron chi connectivity index (χ2n) is 8.90. The van der Waals surface area contributed by atoms with Crippen molar-refractivity contribution in [3.05, 3.63) is 53.6 Å². The minimum Gasteiger partial charge on any atom is -0.495 e. The van der Waals surface area contributed by atoms with E-state index in [-0.39, 0.29) is 6.03 Å². The summed E-state index contributed by atoms with van der Waals surface area (Å²) in [5.74, 6) is -0.782. The second kappa shape index (κ2) is 11.0. The maximum atomic E-state index is 13.9. The highest BCUT2D eigenvalue weighted by Crippen LogP contribution is 2.32. The standard InChI is InChI=1S/C25H33F2N5O2/c1-29-10-14-31(15-11-29)22-18-20(6-7-23(22)34-2)28-25(33)32-16-12-30(13-17-32)9-8-19-4-3-5-21(26)24(19)27/h3-7,18H,8-17H2,1-2H3,(H,28,33). The Hall–Kier alpha value is -2.91. The lowest BCUT2D eigenvalue weighted by Gasteiger charge is -2.35. The Morgan fingerprint density at radius 1 is 1.00 bits per heavy atom. The van der Waals surface area contributed by atoms with E-state index in [9.17, 15) is 13.6 Å². The first-order chi connectivity index (χ1) is 16.4. The number of carbonyl (C=O) groups excluding carboxylic acids is 1. The highest BCUT2D eigenvalue weighted by atomic mass is 19.2. The topological polar surface area (TPSA) is 51.3 Å². The Bertz CT molecular complexity index is 989. The molecule has 0 atom stereocenters. The van der Waals surface area contributed by atoms with Crippen molar-refractivity contribution in [3.8, 4) is 5.75 Å². The number of nitrogens with zero attached hydrogens (tertiary/aromatic N) is 4. The van der Waals surface area contributed by atoms with E-state index in [0.29, 0.717) is 44.7 Å². The van der Waals surface area contributed by atoms with Crippen molar-refractivity contribution in [1.82, 2.24) is 14.7 Å². The molecule has 2 fully saturated rings. The van der Waals surface area contributed by atoms with Crippen molar-refractivity contribution in [1.29, 1.82) is 0 Å². The first-order valence-corrected chi connectivity index (χ1v) is 11.8. The van der Waals surface area contributed by atoms with E-state index in [1.165, 1.54) is 6.07 Å². The SMILES string of the molecule is COc1ccc(NC(=O)N2CCN(CCc3cccc(F)c3F)CC2)cc1N1CCN(C)CC1. The second-order valence-corrected chi connectivity index (χ2v) is 8.90. The highest BCUT2D eigenvalue weighted by Gasteiger charge is 2.23. The van der Waals surface area contributed by atoms with Gasteiger partial charge < -0.3 is 24.8 Å². The van der Waals surface area contributed by atoms with Gasteiger partial charge in [0.25, 0.3) is 0 Å². The third-order valence-electron chi connectivity index (χ3n) is 6.66. The molecule has 34 heavy (non-hydrogen) atoms. The lowest BCUT2D eigenvalue weighted by atomic mass is 10.1. The average Bonchev–Trinajstić information content (AvgIpc) is 2.85. The molecule has 0 aromatic heterocycles. The molecule has 9 heteroatoms. The molecule has 1 N–H and O–H groups in total. The van der Waals surface area contributed by atoms with E-state index in [1.54, 1.807) is 18.1 Å². The fourth-order valence-corrected chi connectivity index (χ4v) is 4.46. The summed E-state index contributed by atoms with van der Waals surface area (Å²) >= 11 is 0. The maximum absolute atomic E-state index is 13.9. The molecule has 2 aliphatic rings. The molecule has 2 aromatic rings. The lowest BCUT2D eigenvalue weighted by molar-refractivity contribution is 0.148. The number of carbonyl (C=O) groups is 1. The summed E-state index contributed by atoms with van der Waals surface area (Å²) in [4.78, 5) is 21.4. The van der Waals surface area contributed by atoms with Gasteiger partial charge in [0, 0.05) is 64.6 Å². The number of rotatable bonds is 6. The molecular formula is C25H33F2N5O2. The number of benzene rings is 2. The Morgan fingerprint density at radius 2 is 1.74 bits per heavy atom. The molecule has 7 nitrogen and oxygen atoms in total. The Balaban J connectivity index is 1.30. The van der Waals surface area contributed by atoms with Crippen molar-refractivity contribution < 1.29 is 18.3 Å². The van der Waals surface area contributed by atoms with E-state index in [4.69, 9.17) is 4.74 Å². The van der Waals surface area contributed by atoms with Gasteiger partial charge in [0.05, 0.1) is 12.8 Å². The van der Waals surface area contributed by atoms with Gasteiger partial charge in [-0.25, -0.2) is 13.6 Å². The molecule has 2 saturated heterocycles.